The Labute approximate surface area is 759 Å². The zero-order valence-electron chi connectivity index (χ0n) is 71.4. The Hall–Kier alpha value is -17.9. The van der Waals surface area contributed by atoms with E-state index in [0.717, 1.165) is 133 Å². The highest BCUT2D eigenvalue weighted by atomic mass is 16.3. The van der Waals surface area contributed by atoms with Crippen molar-refractivity contribution in [3.8, 4) is 141 Å². The molecular weight excluding hydrogens is 1610 g/mol. The standard InChI is InChI=1S/C65H41N5.C57H36N4O/c1-4-19-42(20-5-1)63-66-64(43-21-6-2-7-22-43)68-65(67-63)47-24-18-23-44(39-47)45-35-37-60-55(40-45)50-28-15-17-34-58(50)70(60)62-53-31-12-10-29-51(53)61(52-30-11-13-32-54(52)62)46-36-38-59-56(41-46)49-27-14-16-33-57(49)69(59)48-25-8-3-9-26-48;1-4-14-37(15-5-1)44-32-45(43-28-30-49-48-21-11-13-23-53(48)62-54(49)36-43)34-46(33-44)61-51-22-12-10-20-47(51)50-35-42(29-31-52(50)61)38-24-26-41(27-25-38)57-59-55(39-16-6-2-7-17-39)58-56(60-57)40-18-8-3-9-19-40/h1-41H;1-36H. The highest BCUT2D eigenvalue weighted by molar-refractivity contribution is 6.23. The van der Waals surface area contributed by atoms with Crippen LogP contribution in [0.4, 0.5) is 0 Å². The lowest BCUT2D eigenvalue weighted by molar-refractivity contribution is 0.669. The highest BCUT2D eigenvalue weighted by Crippen LogP contribution is 2.48. The van der Waals surface area contributed by atoms with Crippen molar-refractivity contribution in [2.45, 2.75) is 0 Å². The van der Waals surface area contributed by atoms with E-state index in [-0.39, 0.29) is 0 Å². The summed E-state index contributed by atoms with van der Waals surface area (Å²) in [4.78, 5) is 29.8. The van der Waals surface area contributed by atoms with E-state index in [4.69, 9.17) is 34.3 Å². The van der Waals surface area contributed by atoms with Crippen molar-refractivity contribution >= 4 is 109 Å². The molecule has 0 aliphatic rings. The molecule has 616 valence electrons. The molecule has 0 spiro atoms. The summed E-state index contributed by atoms with van der Waals surface area (Å²) in [5, 5.41) is 14.3. The normalized spacial score (nSPS) is 11.6. The van der Waals surface area contributed by atoms with Gasteiger partial charge in [0.2, 0.25) is 0 Å². The minimum atomic E-state index is 0.633. The van der Waals surface area contributed by atoms with Crippen LogP contribution in [0, 0.1) is 0 Å². The van der Waals surface area contributed by atoms with Crippen molar-refractivity contribution in [2.75, 3.05) is 0 Å². The lowest BCUT2D eigenvalue weighted by atomic mass is 9.90. The molecule has 0 aliphatic heterocycles. The molecule has 0 aliphatic carbocycles. The van der Waals surface area contributed by atoms with E-state index in [1.54, 1.807) is 0 Å². The van der Waals surface area contributed by atoms with Crippen molar-refractivity contribution < 1.29 is 4.42 Å². The average Bonchev–Trinajstić information content (AvgIpc) is 1.49. The summed E-state index contributed by atoms with van der Waals surface area (Å²) in [6.45, 7) is 0. The third-order valence-corrected chi connectivity index (χ3v) is 25.8. The largest absolute Gasteiger partial charge is 0.456 e. The first-order valence-electron chi connectivity index (χ1n) is 44.6. The van der Waals surface area contributed by atoms with Crippen LogP contribution in [0.15, 0.2) is 472 Å². The van der Waals surface area contributed by atoms with E-state index in [1.165, 1.54) is 81.7 Å². The van der Waals surface area contributed by atoms with Gasteiger partial charge in [-0.3, -0.25) is 0 Å². The second kappa shape index (κ2) is 32.2. The summed E-state index contributed by atoms with van der Waals surface area (Å²) in [5.74, 6) is 3.85. The molecule has 0 radical (unpaired) electrons. The monoisotopic (exact) mass is 1680 g/mol. The quantitative estimate of drug-likeness (QED) is 0.0999. The molecule has 132 heavy (non-hydrogen) atoms. The second-order valence-electron chi connectivity index (χ2n) is 33.6. The zero-order valence-corrected chi connectivity index (χ0v) is 71.4. The highest BCUT2D eigenvalue weighted by Gasteiger charge is 2.25. The Balaban J connectivity index is 0.000000143. The van der Waals surface area contributed by atoms with Gasteiger partial charge in [-0.1, -0.05) is 358 Å². The Bertz CT molecular complexity index is 8830. The van der Waals surface area contributed by atoms with Crippen LogP contribution in [-0.2, 0) is 0 Å². The molecule has 0 saturated carbocycles. The van der Waals surface area contributed by atoms with Gasteiger partial charge in [0, 0.05) is 98.6 Å². The summed E-state index contributed by atoms with van der Waals surface area (Å²) in [5.41, 5.74) is 29.3. The molecule has 6 heterocycles. The van der Waals surface area contributed by atoms with Gasteiger partial charge in [0.05, 0.1) is 38.8 Å². The van der Waals surface area contributed by atoms with Gasteiger partial charge in [-0.15, -0.1) is 0 Å². The number of para-hydroxylation sites is 5. The number of nitrogens with zero attached hydrogens (tertiary/aromatic N) is 9. The van der Waals surface area contributed by atoms with E-state index in [9.17, 15) is 0 Å². The summed E-state index contributed by atoms with van der Waals surface area (Å²) in [7, 11) is 0. The van der Waals surface area contributed by atoms with Crippen molar-refractivity contribution in [3.05, 3.63) is 467 Å². The van der Waals surface area contributed by atoms with Gasteiger partial charge in [-0.25, -0.2) is 29.9 Å². The maximum atomic E-state index is 6.35. The van der Waals surface area contributed by atoms with Crippen molar-refractivity contribution in [1.82, 2.24) is 43.6 Å². The van der Waals surface area contributed by atoms with Crippen LogP contribution in [0.3, 0.4) is 0 Å². The maximum absolute atomic E-state index is 6.35. The molecular formula is C122H77N9O. The fourth-order valence-corrected chi connectivity index (χ4v) is 19.6. The molecule has 0 amide bonds. The Kier molecular flexibility index (Phi) is 18.7. The molecule has 6 aromatic heterocycles. The Morgan fingerprint density at radius 2 is 0.432 bits per heavy atom. The Morgan fingerprint density at radius 3 is 0.932 bits per heavy atom. The molecule has 0 bridgehead atoms. The number of benzene rings is 20. The molecule has 10 nitrogen and oxygen atoms in total. The number of rotatable bonds is 14. The molecule has 0 fully saturated rings. The van der Waals surface area contributed by atoms with E-state index < -0.39 is 0 Å². The van der Waals surface area contributed by atoms with Crippen LogP contribution in [0.1, 0.15) is 0 Å². The minimum absolute atomic E-state index is 0.633. The fourth-order valence-electron chi connectivity index (χ4n) is 19.6. The van der Waals surface area contributed by atoms with Gasteiger partial charge in [0.1, 0.15) is 11.2 Å². The maximum Gasteiger partial charge on any atom is 0.164 e. The van der Waals surface area contributed by atoms with E-state index in [2.05, 4.69) is 347 Å². The van der Waals surface area contributed by atoms with Crippen LogP contribution < -0.4 is 0 Å². The molecule has 0 unspecified atom stereocenters. The van der Waals surface area contributed by atoms with Crippen molar-refractivity contribution in [1.29, 1.82) is 0 Å². The lowest BCUT2D eigenvalue weighted by Gasteiger charge is -2.19. The van der Waals surface area contributed by atoms with Gasteiger partial charge in [0.25, 0.3) is 0 Å². The molecule has 26 rings (SSSR count). The first-order valence-corrected chi connectivity index (χ1v) is 44.6. The van der Waals surface area contributed by atoms with E-state index >= 15 is 0 Å². The lowest BCUT2D eigenvalue weighted by Crippen LogP contribution is -2.00. The number of hydrogen-bond donors (Lipinski definition) is 0. The van der Waals surface area contributed by atoms with Gasteiger partial charge < -0.3 is 18.1 Å². The summed E-state index contributed by atoms with van der Waals surface area (Å²) < 4.78 is 13.6. The first-order chi connectivity index (χ1) is 65.4. The fraction of sp³-hybridized carbons (Fsp3) is 0. The number of fused-ring (bicyclic) bond motifs is 14. The molecule has 0 N–H and O–H groups in total. The van der Waals surface area contributed by atoms with Gasteiger partial charge in [0.15, 0.2) is 34.9 Å². The smallest absolute Gasteiger partial charge is 0.164 e. The number of furan rings is 1. The molecule has 26 aromatic rings. The van der Waals surface area contributed by atoms with Crippen molar-refractivity contribution in [3.63, 3.8) is 0 Å². The number of hydrogen-bond acceptors (Lipinski definition) is 7. The zero-order chi connectivity index (χ0) is 87.1. The van der Waals surface area contributed by atoms with Crippen LogP contribution in [0.25, 0.3) is 250 Å². The van der Waals surface area contributed by atoms with E-state index in [1.807, 2.05) is 133 Å². The third kappa shape index (κ3) is 13.5. The average molecular weight is 1690 g/mol. The van der Waals surface area contributed by atoms with Gasteiger partial charge >= 0.3 is 0 Å². The first kappa shape index (κ1) is 76.6. The van der Waals surface area contributed by atoms with E-state index in [0.29, 0.717) is 34.9 Å². The molecule has 20 aromatic carbocycles. The predicted octanol–water partition coefficient (Wildman–Crippen LogP) is 31.6. The second-order valence-corrected chi connectivity index (χ2v) is 33.6. The summed E-state index contributed by atoms with van der Waals surface area (Å²) >= 11 is 0. The topological polar surface area (TPSA) is 105 Å². The molecule has 0 saturated heterocycles. The molecule has 10 heteroatoms. The van der Waals surface area contributed by atoms with Crippen LogP contribution >= 0.6 is 0 Å². The predicted molar refractivity (Wildman–Crippen MR) is 545 cm³/mol. The number of aromatic nitrogens is 9. The van der Waals surface area contributed by atoms with Crippen molar-refractivity contribution in [2.24, 2.45) is 0 Å². The third-order valence-electron chi connectivity index (χ3n) is 25.8. The van der Waals surface area contributed by atoms with Crippen LogP contribution in [0.2, 0.25) is 0 Å². The SMILES string of the molecule is c1ccc(-c2cc(-c3ccc4c(c3)oc3ccccc34)cc(-n3c4ccccc4c4cc(-c5ccc(-c6nc(-c7ccccc7)nc(-c7ccccc7)n6)cc5)ccc43)c2)cc1.c1ccc(-c2nc(-c3ccccc3)nc(-c3cccc(-c4ccc5c(c4)c4ccccc4n5-c4c5ccccc5c(-c5ccc6c(c5)c5ccccc5n6-c5ccccc5)c5ccccc45)c3)n2)cc1. The minimum Gasteiger partial charge on any atom is -0.456 e. The summed E-state index contributed by atoms with van der Waals surface area (Å²) in [6.07, 6.45) is 0. The van der Waals surface area contributed by atoms with Crippen LogP contribution in [0.5, 0.6) is 0 Å². The summed E-state index contributed by atoms with van der Waals surface area (Å²) in [6, 6.07) is 166. The Morgan fingerprint density at radius 1 is 0.144 bits per heavy atom. The van der Waals surface area contributed by atoms with Crippen LogP contribution in [-0.4, -0.2) is 43.6 Å². The van der Waals surface area contributed by atoms with Gasteiger partial charge in [-0.2, -0.15) is 0 Å². The molecule has 0 atom stereocenters. The van der Waals surface area contributed by atoms with Gasteiger partial charge in [-0.05, 0) is 176 Å².